The molecule has 0 spiro atoms. The third-order valence-corrected chi connectivity index (χ3v) is 6.82. The molecule has 0 saturated heterocycles. The Morgan fingerprint density at radius 1 is 1.45 bits per heavy atom. The zero-order valence-corrected chi connectivity index (χ0v) is 14.0. The maximum absolute atomic E-state index is 12.5. The summed E-state index contributed by atoms with van der Waals surface area (Å²) in [5.41, 5.74) is 0. The molecule has 1 aliphatic rings. The van der Waals surface area contributed by atoms with Gasteiger partial charge in [-0.15, -0.1) is 11.3 Å². The average Bonchev–Trinajstić information content (AvgIpc) is 2.65. The van der Waals surface area contributed by atoms with E-state index in [1.807, 2.05) is 20.8 Å². The topological polar surface area (TPSA) is 58.2 Å². The van der Waals surface area contributed by atoms with Crippen molar-refractivity contribution in [2.75, 3.05) is 6.54 Å². The van der Waals surface area contributed by atoms with Gasteiger partial charge in [0.2, 0.25) is 10.0 Å². The molecule has 0 aromatic carbocycles. The van der Waals surface area contributed by atoms with Gasteiger partial charge in [-0.3, -0.25) is 0 Å². The van der Waals surface area contributed by atoms with Crippen molar-refractivity contribution in [3.8, 4) is 0 Å². The Hall–Kier alpha value is -0.430. The lowest BCUT2D eigenvalue weighted by Gasteiger charge is -2.31. The Balaban J connectivity index is 2.09. The predicted molar refractivity (Wildman–Crippen MR) is 83.6 cm³/mol. The van der Waals surface area contributed by atoms with Crippen molar-refractivity contribution in [3.63, 3.8) is 0 Å². The zero-order chi connectivity index (χ0) is 14.8. The molecule has 114 valence electrons. The van der Waals surface area contributed by atoms with Crippen LogP contribution in [0, 0.1) is 12.8 Å². The molecule has 1 unspecified atom stereocenters. The Kier molecular flexibility index (Phi) is 5.23. The smallest absolute Gasteiger partial charge is 0.241 e. The molecule has 0 radical (unpaired) electrons. The van der Waals surface area contributed by atoms with Gasteiger partial charge in [-0.25, -0.2) is 13.1 Å². The second kappa shape index (κ2) is 6.56. The summed E-state index contributed by atoms with van der Waals surface area (Å²) < 4.78 is 27.8. The first-order valence-electron chi connectivity index (χ1n) is 7.26. The van der Waals surface area contributed by atoms with E-state index in [2.05, 4.69) is 10.0 Å². The normalized spacial score (nSPS) is 17.9. The maximum atomic E-state index is 12.5. The number of hydrogen-bond acceptors (Lipinski definition) is 4. The molecule has 1 aliphatic carbocycles. The summed E-state index contributed by atoms with van der Waals surface area (Å²) in [6, 6.07) is 1.84. The van der Waals surface area contributed by atoms with E-state index in [1.54, 1.807) is 17.4 Å². The van der Waals surface area contributed by atoms with Crippen LogP contribution in [0.25, 0.3) is 0 Å². The fourth-order valence-corrected chi connectivity index (χ4v) is 5.39. The van der Waals surface area contributed by atoms with Gasteiger partial charge in [0.05, 0.1) is 4.90 Å². The first kappa shape index (κ1) is 15.9. The van der Waals surface area contributed by atoms with E-state index >= 15 is 0 Å². The molecule has 20 heavy (non-hydrogen) atoms. The predicted octanol–water partition coefficient (Wildman–Crippen LogP) is 2.63. The molecule has 1 aromatic rings. The summed E-state index contributed by atoms with van der Waals surface area (Å²) in [6.07, 6.45) is 3.50. The molecule has 6 heteroatoms. The van der Waals surface area contributed by atoms with Crippen molar-refractivity contribution >= 4 is 21.4 Å². The zero-order valence-electron chi connectivity index (χ0n) is 12.4. The van der Waals surface area contributed by atoms with Gasteiger partial charge in [-0.1, -0.05) is 13.3 Å². The summed E-state index contributed by atoms with van der Waals surface area (Å²) in [6.45, 7) is 7.51. The van der Waals surface area contributed by atoms with Crippen molar-refractivity contribution in [1.82, 2.24) is 10.0 Å². The molecule has 1 atom stereocenters. The molecule has 4 nitrogen and oxygen atoms in total. The minimum absolute atomic E-state index is 0.0327. The van der Waals surface area contributed by atoms with Crippen LogP contribution in [0.4, 0.5) is 0 Å². The fraction of sp³-hybridized carbons (Fsp3) is 0.714. The molecular formula is C14H24N2O2S2. The molecule has 0 aliphatic heterocycles. The highest BCUT2D eigenvalue weighted by molar-refractivity contribution is 7.89. The van der Waals surface area contributed by atoms with E-state index in [4.69, 9.17) is 0 Å². The van der Waals surface area contributed by atoms with E-state index < -0.39 is 10.0 Å². The summed E-state index contributed by atoms with van der Waals surface area (Å²) in [5, 5.41) is 3.23. The van der Waals surface area contributed by atoms with Crippen LogP contribution in [0.1, 0.15) is 42.9 Å². The summed E-state index contributed by atoms with van der Waals surface area (Å²) in [5.74, 6) is 0.505. The van der Waals surface area contributed by atoms with Crippen LogP contribution in [0.2, 0.25) is 0 Å². The summed E-state index contributed by atoms with van der Waals surface area (Å²) in [7, 11) is -3.38. The molecule has 1 heterocycles. The van der Waals surface area contributed by atoms with E-state index in [-0.39, 0.29) is 6.04 Å². The van der Waals surface area contributed by atoms with Crippen molar-refractivity contribution in [2.45, 2.75) is 57.5 Å². The Bertz CT molecular complexity index is 548. The highest BCUT2D eigenvalue weighted by Crippen LogP contribution is 2.31. The number of aryl methyl sites for hydroxylation is 1. The standard InChI is InChI=1S/C14H24N2O2S2/c1-4-15-9-13-8-14(11(3)19-13)20(17,18)16-10(2)12-6-5-7-12/h8,10,12,15-16H,4-7,9H2,1-3H3. The number of rotatable bonds is 7. The van der Waals surface area contributed by atoms with Gasteiger partial charge < -0.3 is 5.32 Å². The highest BCUT2D eigenvalue weighted by atomic mass is 32.2. The van der Waals surface area contributed by atoms with Crippen LogP contribution in [-0.2, 0) is 16.6 Å². The van der Waals surface area contributed by atoms with Gasteiger partial charge in [-0.05, 0) is 45.2 Å². The first-order valence-corrected chi connectivity index (χ1v) is 9.56. The Morgan fingerprint density at radius 2 is 2.15 bits per heavy atom. The molecule has 0 amide bonds. The van der Waals surface area contributed by atoms with Gasteiger partial charge in [0.25, 0.3) is 0 Å². The molecule has 1 fully saturated rings. The van der Waals surface area contributed by atoms with Gasteiger partial charge >= 0.3 is 0 Å². The van der Waals surface area contributed by atoms with E-state index in [1.165, 1.54) is 6.42 Å². The number of hydrogen-bond donors (Lipinski definition) is 2. The summed E-state index contributed by atoms with van der Waals surface area (Å²) >= 11 is 1.55. The second-order valence-electron chi connectivity index (χ2n) is 5.51. The molecule has 0 bridgehead atoms. The van der Waals surface area contributed by atoms with Crippen LogP contribution < -0.4 is 10.0 Å². The number of sulfonamides is 1. The van der Waals surface area contributed by atoms with E-state index in [0.717, 1.165) is 35.7 Å². The molecular weight excluding hydrogens is 292 g/mol. The first-order chi connectivity index (χ1) is 9.44. The van der Waals surface area contributed by atoms with Crippen LogP contribution in [0.5, 0.6) is 0 Å². The van der Waals surface area contributed by atoms with Crippen LogP contribution in [0.15, 0.2) is 11.0 Å². The van der Waals surface area contributed by atoms with Crippen molar-refractivity contribution < 1.29 is 8.42 Å². The van der Waals surface area contributed by atoms with Crippen molar-refractivity contribution in [2.24, 2.45) is 5.92 Å². The lowest BCUT2D eigenvalue weighted by atomic mass is 9.81. The minimum atomic E-state index is -3.38. The van der Waals surface area contributed by atoms with Crippen molar-refractivity contribution in [1.29, 1.82) is 0 Å². The number of thiophene rings is 1. The molecule has 2 rings (SSSR count). The van der Waals surface area contributed by atoms with Gasteiger partial charge in [0.1, 0.15) is 0 Å². The Labute approximate surface area is 126 Å². The lowest BCUT2D eigenvalue weighted by Crippen LogP contribution is -2.40. The third-order valence-electron chi connectivity index (χ3n) is 3.96. The fourth-order valence-electron chi connectivity index (χ4n) is 2.47. The van der Waals surface area contributed by atoms with Gasteiger partial charge in [-0.2, -0.15) is 0 Å². The van der Waals surface area contributed by atoms with E-state index in [0.29, 0.717) is 10.8 Å². The summed E-state index contributed by atoms with van der Waals surface area (Å²) in [4.78, 5) is 2.38. The molecule has 2 N–H and O–H groups in total. The molecule has 1 aromatic heterocycles. The average molecular weight is 316 g/mol. The maximum Gasteiger partial charge on any atom is 0.241 e. The van der Waals surface area contributed by atoms with Gasteiger partial charge in [0, 0.05) is 22.3 Å². The third kappa shape index (κ3) is 3.61. The monoisotopic (exact) mass is 316 g/mol. The van der Waals surface area contributed by atoms with Crippen LogP contribution >= 0.6 is 11.3 Å². The van der Waals surface area contributed by atoms with Gasteiger partial charge in [0.15, 0.2) is 0 Å². The van der Waals surface area contributed by atoms with E-state index in [9.17, 15) is 8.42 Å². The molecule has 1 saturated carbocycles. The highest BCUT2D eigenvalue weighted by Gasteiger charge is 2.29. The van der Waals surface area contributed by atoms with Crippen molar-refractivity contribution in [3.05, 3.63) is 15.8 Å². The lowest BCUT2D eigenvalue weighted by molar-refractivity contribution is 0.260. The minimum Gasteiger partial charge on any atom is -0.312 e. The quantitative estimate of drug-likeness (QED) is 0.813. The van der Waals surface area contributed by atoms with Crippen LogP contribution in [0.3, 0.4) is 0 Å². The largest absolute Gasteiger partial charge is 0.312 e. The Morgan fingerprint density at radius 3 is 2.70 bits per heavy atom. The SMILES string of the molecule is CCNCc1cc(S(=O)(=O)NC(C)C2CCC2)c(C)s1. The second-order valence-corrected chi connectivity index (χ2v) is 8.54. The van der Waals surface area contributed by atoms with Crippen LogP contribution in [-0.4, -0.2) is 21.0 Å². The number of nitrogens with one attached hydrogen (secondary N) is 2.